The minimum absolute atomic E-state index is 0.317. The van der Waals surface area contributed by atoms with Gasteiger partial charge in [-0.15, -0.1) is 0 Å². The number of rotatable bonds is 4. The van der Waals surface area contributed by atoms with Gasteiger partial charge < -0.3 is 23.9 Å². The van der Waals surface area contributed by atoms with Crippen LogP contribution in [0, 0.1) is 0 Å². The number of anilines is 1. The number of hydrogen-bond acceptors (Lipinski definition) is 8. The molecule has 4 rings (SSSR count). The molecule has 158 valence electrons. The van der Waals surface area contributed by atoms with Crippen molar-refractivity contribution < 1.29 is 33.0 Å². The van der Waals surface area contributed by atoms with Crippen molar-refractivity contribution in [3.05, 3.63) is 64.5 Å². The zero-order valence-electron chi connectivity index (χ0n) is 16.0. The maximum atomic E-state index is 12.1. The van der Waals surface area contributed by atoms with Crippen molar-refractivity contribution in [1.82, 2.24) is 5.32 Å². The molecule has 0 atom stereocenters. The van der Waals surface area contributed by atoms with Crippen molar-refractivity contribution >= 4 is 34.6 Å². The molecule has 2 heterocycles. The first-order chi connectivity index (χ1) is 15.0. The molecule has 0 fully saturated rings. The molecular formula is C21H16N2O8. The van der Waals surface area contributed by atoms with Crippen LogP contribution in [0.5, 0.6) is 11.5 Å². The number of hydrogen-bond donors (Lipinski definition) is 2. The minimum Gasteiger partial charge on any atom is -0.486 e. The molecule has 1 aromatic heterocycles. The molecule has 2 aromatic carbocycles. The van der Waals surface area contributed by atoms with Gasteiger partial charge in [0.15, 0.2) is 18.1 Å². The molecule has 0 aliphatic carbocycles. The van der Waals surface area contributed by atoms with Gasteiger partial charge in [-0.05, 0) is 24.3 Å². The van der Waals surface area contributed by atoms with Crippen LogP contribution in [0.15, 0.2) is 57.7 Å². The van der Waals surface area contributed by atoms with E-state index in [1.54, 1.807) is 42.5 Å². The van der Waals surface area contributed by atoms with E-state index in [9.17, 15) is 19.2 Å². The maximum absolute atomic E-state index is 12.1. The van der Waals surface area contributed by atoms with Gasteiger partial charge in [0, 0.05) is 17.1 Å². The Morgan fingerprint density at radius 2 is 1.74 bits per heavy atom. The standard InChI is InChI=1S/C21H16N2O8/c24-18(23-21(27)22-13-5-6-16-17(10-13)29-8-7-28-16)11-30-19(25)14-9-12-3-1-2-4-15(12)31-20(14)26/h1-6,9-10H,7-8,11H2,(H2,22,23,24,27). The lowest BCUT2D eigenvalue weighted by Crippen LogP contribution is -2.37. The summed E-state index contributed by atoms with van der Waals surface area (Å²) in [5.41, 5.74) is -0.550. The predicted molar refractivity (Wildman–Crippen MR) is 107 cm³/mol. The summed E-state index contributed by atoms with van der Waals surface area (Å²) in [6, 6.07) is 11.9. The number of para-hydroxylation sites is 1. The Morgan fingerprint density at radius 1 is 0.968 bits per heavy atom. The van der Waals surface area contributed by atoms with Crippen molar-refractivity contribution in [2.45, 2.75) is 0 Å². The van der Waals surface area contributed by atoms with Crippen molar-refractivity contribution in [1.29, 1.82) is 0 Å². The lowest BCUT2D eigenvalue weighted by atomic mass is 10.2. The third-order valence-corrected chi connectivity index (χ3v) is 4.25. The fourth-order valence-corrected chi connectivity index (χ4v) is 2.86. The zero-order valence-corrected chi connectivity index (χ0v) is 16.0. The Morgan fingerprint density at radius 3 is 2.58 bits per heavy atom. The second-order valence-corrected chi connectivity index (χ2v) is 6.42. The molecule has 0 radical (unpaired) electrons. The Bertz CT molecular complexity index is 1230. The molecule has 0 spiro atoms. The summed E-state index contributed by atoms with van der Waals surface area (Å²) in [6.07, 6.45) is 0. The van der Waals surface area contributed by atoms with Crippen LogP contribution >= 0.6 is 0 Å². The average Bonchev–Trinajstić information content (AvgIpc) is 2.76. The van der Waals surface area contributed by atoms with Gasteiger partial charge in [0.2, 0.25) is 0 Å². The summed E-state index contributed by atoms with van der Waals surface area (Å²) in [5, 5.41) is 5.00. The number of urea groups is 1. The Hall–Kier alpha value is -4.34. The molecule has 1 aliphatic heterocycles. The number of esters is 1. The molecule has 0 unspecified atom stereocenters. The number of carbonyl (C=O) groups excluding carboxylic acids is 3. The molecule has 0 saturated carbocycles. The Labute approximate surface area is 174 Å². The van der Waals surface area contributed by atoms with Crippen LogP contribution in [0.4, 0.5) is 10.5 Å². The molecule has 0 bridgehead atoms. The fourth-order valence-electron chi connectivity index (χ4n) is 2.86. The van der Waals surface area contributed by atoms with Gasteiger partial charge in [0.05, 0.1) is 0 Å². The molecule has 2 N–H and O–H groups in total. The third-order valence-electron chi connectivity index (χ3n) is 4.25. The van der Waals surface area contributed by atoms with E-state index in [2.05, 4.69) is 5.32 Å². The SMILES string of the molecule is O=C(COC(=O)c1cc2ccccc2oc1=O)NC(=O)Nc1ccc2c(c1)OCCO2. The molecule has 0 saturated heterocycles. The highest BCUT2D eigenvalue weighted by Crippen LogP contribution is 2.32. The summed E-state index contributed by atoms with van der Waals surface area (Å²) in [5.74, 6) is -0.896. The highest BCUT2D eigenvalue weighted by atomic mass is 16.6. The average molecular weight is 424 g/mol. The summed E-state index contributed by atoms with van der Waals surface area (Å²) >= 11 is 0. The minimum atomic E-state index is -1.04. The fraction of sp³-hybridized carbons (Fsp3) is 0.143. The summed E-state index contributed by atoms with van der Waals surface area (Å²) in [6.45, 7) is 0.0658. The van der Waals surface area contributed by atoms with Crippen molar-refractivity contribution in [3.63, 3.8) is 0 Å². The van der Waals surface area contributed by atoms with Crippen molar-refractivity contribution in [2.24, 2.45) is 0 Å². The van der Waals surface area contributed by atoms with E-state index < -0.39 is 30.1 Å². The third kappa shape index (κ3) is 4.64. The quantitative estimate of drug-likeness (QED) is 0.480. The van der Waals surface area contributed by atoms with Crippen LogP contribution in [0.1, 0.15) is 10.4 Å². The smallest absolute Gasteiger partial charge is 0.351 e. The van der Waals surface area contributed by atoms with E-state index in [4.69, 9.17) is 18.6 Å². The number of benzene rings is 2. The van der Waals surface area contributed by atoms with Crippen LogP contribution in [0.25, 0.3) is 11.0 Å². The van der Waals surface area contributed by atoms with E-state index in [1.165, 1.54) is 6.07 Å². The lowest BCUT2D eigenvalue weighted by Gasteiger charge is -2.19. The van der Waals surface area contributed by atoms with E-state index in [0.29, 0.717) is 41.4 Å². The number of amides is 3. The van der Waals surface area contributed by atoms with Crippen LogP contribution < -0.4 is 25.7 Å². The van der Waals surface area contributed by atoms with Crippen molar-refractivity contribution in [3.8, 4) is 11.5 Å². The van der Waals surface area contributed by atoms with Gasteiger partial charge in [-0.2, -0.15) is 0 Å². The molecular weight excluding hydrogens is 408 g/mol. The molecule has 10 heteroatoms. The van der Waals surface area contributed by atoms with Gasteiger partial charge in [0.1, 0.15) is 24.4 Å². The van der Waals surface area contributed by atoms with Crippen LogP contribution in [0.3, 0.4) is 0 Å². The monoisotopic (exact) mass is 424 g/mol. The normalized spacial score (nSPS) is 12.1. The summed E-state index contributed by atoms with van der Waals surface area (Å²) in [4.78, 5) is 48.0. The first-order valence-corrected chi connectivity index (χ1v) is 9.20. The maximum Gasteiger partial charge on any atom is 0.351 e. The van der Waals surface area contributed by atoms with E-state index in [1.807, 2.05) is 5.32 Å². The second kappa shape index (κ2) is 8.57. The van der Waals surface area contributed by atoms with E-state index in [-0.39, 0.29) is 5.56 Å². The molecule has 3 amide bonds. The van der Waals surface area contributed by atoms with Crippen molar-refractivity contribution in [2.75, 3.05) is 25.1 Å². The first-order valence-electron chi connectivity index (χ1n) is 9.20. The number of fused-ring (bicyclic) bond motifs is 2. The highest BCUT2D eigenvalue weighted by molar-refractivity contribution is 6.02. The van der Waals surface area contributed by atoms with Gasteiger partial charge in [-0.25, -0.2) is 14.4 Å². The number of imide groups is 1. The Kier molecular flexibility index (Phi) is 5.52. The number of ether oxygens (including phenoxy) is 3. The van der Waals surface area contributed by atoms with Gasteiger partial charge >= 0.3 is 17.6 Å². The van der Waals surface area contributed by atoms with Gasteiger partial charge in [-0.1, -0.05) is 18.2 Å². The largest absolute Gasteiger partial charge is 0.486 e. The van der Waals surface area contributed by atoms with E-state index >= 15 is 0 Å². The first kappa shape index (κ1) is 20.0. The molecule has 3 aromatic rings. The lowest BCUT2D eigenvalue weighted by molar-refractivity contribution is -0.123. The molecule has 31 heavy (non-hydrogen) atoms. The molecule has 10 nitrogen and oxygen atoms in total. The molecule has 1 aliphatic rings. The highest BCUT2D eigenvalue weighted by Gasteiger charge is 2.18. The predicted octanol–water partition coefficient (Wildman–Crippen LogP) is 2.07. The Balaban J connectivity index is 1.32. The van der Waals surface area contributed by atoms with Crippen LogP contribution in [-0.4, -0.2) is 37.7 Å². The topological polar surface area (TPSA) is 133 Å². The van der Waals surface area contributed by atoms with Crippen LogP contribution in [-0.2, 0) is 9.53 Å². The summed E-state index contributed by atoms with van der Waals surface area (Å²) in [7, 11) is 0. The second-order valence-electron chi connectivity index (χ2n) is 6.42. The van der Waals surface area contributed by atoms with Gasteiger partial charge in [-0.3, -0.25) is 10.1 Å². The zero-order chi connectivity index (χ0) is 21.8. The summed E-state index contributed by atoms with van der Waals surface area (Å²) < 4.78 is 20.7. The number of carbonyl (C=O) groups is 3. The van der Waals surface area contributed by atoms with Crippen LogP contribution in [0.2, 0.25) is 0 Å². The number of nitrogens with one attached hydrogen (secondary N) is 2. The van der Waals surface area contributed by atoms with Gasteiger partial charge in [0.25, 0.3) is 5.91 Å². The van der Waals surface area contributed by atoms with E-state index in [0.717, 1.165) is 0 Å².